The molecule has 96 valence electrons. The summed E-state index contributed by atoms with van der Waals surface area (Å²) < 4.78 is 4.92. The van der Waals surface area contributed by atoms with E-state index in [9.17, 15) is 9.59 Å². The zero-order valence-electron chi connectivity index (χ0n) is 9.72. The second kappa shape index (κ2) is 5.22. The van der Waals surface area contributed by atoms with E-state index in [1.54, 1.807) is 19.1 Å². The van der Waals surface area contributed by atoms with Gasteiger partial charge in [-0.1, -0.05) is 11.6 Å². The van der Waals surface area contributed by atoms with Gasteiger partial charge < -0.3 is 4.74 Å². The number of hydrogen-bond donors (Lipinski definition) is 1. The normalized spacial score (nSPS) is 18.7. The summed E-state index contributed by atoms with van der Waals surface area (Å²) in [6.45, 7) is 1.97. The molecule has 0 radical (unpaired) electrons. The molecule has 1 fully saturated rings. The largest absolute Gasteiger partial charge is 0.464 e. The van der Waals surface area contributed by atoms with Crippen LogP contribution in [-0.2, 0) is 14.3 Å². The Morgan fingerprint density at radius 3 is 3.17 bits per heavy atom. The molecule has 1 aromatic rings. The van der Waals surface area contributed by atoms with Crippen LogP contribution in [0.1, 0.15) is 13.3 Å². The zero-order chi connectivity index (χ0) is 13.1. The Morgan fingerprint density at radius 1 is 1.72 bits per heavy atom. The first-order valence-electron chi connectivity index (χ1n) is 5.49. The van der Waals surface area contributed by atoms with Gasteiger partial charge in [0.05, 0.1) is 18.1 Å². The summed E-state index contributed by atoms with van der Waals surface area (Å²) in [7, 11) is 0. The molecule has 7 heteroatoms. The monoisotopic (exact) mass is 269 g/mol. The third-order valence-electron chi connectivity index (χ3n) is 2.46. The maximum Gasteiger partial charge on any atom is 0.331 e. The highest BCUT2D eigenvalue weighted by Crippen LogP contribution is 2.26. The summed E-state index contributed by atoms with van der Waals surface area (Å²) in [5.41, 5.74) is 2.55. The summed E-state index contributed by atoms with van der Waals surface area (Å²) in [5.74, 6) is -0.407. The van der Waals surface area contributed by atoms with E-state index < -0.39 is 12.0 Å². The van der Waals surface area contributed by atoms with Crippen molar-refractivity contribution in [1.29, 1.82) is 0 Å². The number of anilines is 1. The van der Waals surface area contributed by atoms with Crippen LogP contribution < -0.4 is 10.4 Å². The Kier molecular flexibility index (Phi) is 3.66. The zero-order valence-corrected chi connectivity index (χ0v) is 10.5. The maximum atomic E-state index is 11.8. The van der Waals surface area contributed by atoms with Gasteiger partial charge in [-0.25, -0.2) is 9.78 Å². The summed E-state index contributed by atoms with van der Waals surface area (Å²) >= 11 is 5.99. The van der Waals surface area contributed by atoms with Gasteiger partial charge in [-0.2, -0.15) is 0 Å². The lowest BCUT2D eigenvalue weighted by Crippen LogP contribution is -2.43. The third-order valence-corrected chi connectivity index (χ3v) is 2.76. The first kappa shape index (κ1) is 12.6. The first-order valence-corrected chi connectivity index (χ1v) is 5.87. The van der Waals surface area contributed by atoms with Crippen LogP contribution in [0.15, 0.2) is 18.3 Å². The van der Waals surface area contributed by atoms with Gasteiger partial charge in [-0.05, 0) is 19.1 Å². The number of hydrogen-bond acceptors (Lipinski definition) is 5. The molecule has 1 N–H and O–H groups in total. The standard InChI is InChI=1S/C11H12ClN3O3/c1-2-18-11(17)8-6-9(16)14-15(8)10-7(12)4-3-5-13-10/h3-5,8H,2,6H2,1H3,(H,14,16)/t8-/m1/s1. The highest BCUT2D eigenvalue weighted by atomic mass is 35.5. The van der Waals surface area contributed by atoms with Crippen molar-refractivity contribution in [1.82, 2.24) is 10.4 Å². The van der Waals surface area contributed by atoms with Gasteiger partial charge in [0.15, 0.2) is 11.9 Å². The van der Waals surface area contributed by atoms with E-state index in [0.29, 0.717) is 10.8 Å². The average Bonchev–Trinajstić information content (AvgIpc) is 2.72. The molecule has 1 aliphatic heterocycles. The molecule has 1 aliphatic rings. The molecule has 1 aromatic heterocycles. The Labute approximate surface area is 109 Å². The van der Waals surface area contributed by atoms with Crippen LogP contribution >= 0.6 is 11.6 Å². The van der Waals surface area contributed by atoms with Gasteiger partial charge in [-0.3, -0.25) is 15.2 Å². The number of carbonyl (C=O) groups excluding carboxylic acids is 2. The molecular weight excluding hydrogens is 258 g/mol. The molecular formula is C11H12ClN3O3. The highest BCUT2D eigenvalue weighted by Gasteiger charge is 2.38. The highest BCUT2D eigenvalue weighted by molar-refractivity contribution is 6.33. The predicted octanol–water partition coefficient (Wildman–Crippen LogP) is 0.908. The van der Waals surface area contributed by atoms with E-state index in [-0.39, 0.29) is 18.9 Å². The van der Waals surface area contributed by atoms with Gasteiger partial charge in [0.2, 0.25) is 5.91 Å². The quantitative estimate of drug-likeness (QED) is 0.826. The van der Waals surface area contributed by atoms with Crippen LogP contribution in [0.3, 0.4) is 0 Å². The molecule has 0 saturated carbocycles. The number of carbonyl (C=O) groups is 2. The molecule has 2 rings (SSSR count). The van der Waals surface area contributed by atoms with Crippen molar-refractivity contribution in [3.05, 3.63) is 23.4 Å². The number of halogens is 1. The molecule has 6 nitrogen and oxygen atoms in total. The third kappa shape index (κ3) is 2.38. The van der Waals surface area contributed by atoms with Gasteiger partial charge in [0.25, 0.3) is 0 Å². The van der Waals surface area contributed by atoms with Gasteiger partial charge in [-0.15, -0.1) is 0 Å². The number of hydrazine groups is 1. The molecule has 0 unspecified atom stereocenters. The van der Waals surface area contributed by atoms with Gasteiger partial charge >= 0.3 is 5.97 Å². The first-order chi connectivity index (χ1) is 8.63. The number of esters is 1. The summed E-state index contributed by atoms with van der Waals surface area (Å²) in [4.78, 5) is 27.2. The molecule has 2 heterocycles. The molecule has 0 bridgehead atoms. The van der Waals surface area contributed by atoms with Crippen LogP contribution in [0, 0.1) is 0 Å². The molecule has 1 atom stereocenters. The van der Waals surface area contributed by atoms with Crippen LogP contribution in [0.25, 0.3) is 0 Å². The molecule has 0 spiro atoms. The average molecular weight is 270 g/mol. The SMILES string of the molecule is CCOC(=O)[C@H]1CC(=O)NN1c1ncccc1Cl. The molecule has 1 amide bonds. The number of ether oxygens (including phenoxy) is 1. The molecule has 0 aliphatic carbocycles. The molecule has 0 aromatic carbocycles. The Hall–Kier alpha value is -1.82. The number of rotatable bonds is 3. The van der Waals surface area contributed by atoms with Crippen molar-refractivity contribution < 1.29 is 14.3 Å². The minimum Gasteiger partial charge on any atom is -0.464 e. The van der Waals surface area contributed by atoms with Gasteiger partial charge in [0, 0.05) is 6.20 Å². The van der Waals surface area contributed by atoms with Crippen molar-refractivity contribution in [2.75, 3.05) is 11.6 Å². The van der Waals surface area contributed by atoms with Crippen molar-refractivity contribution in [2.45, 2.75) is 19.4 Å². The molecule has 1 saturated heterocycles. The van der Waals surface area contributed by atoms with Crippen molar-refractivity contribution in [3.63, 3.8) is 0 Å². The van der Waals surface area contributed by atoms with E-state index in [0.717, 1.165) is 0 Å². The summed E-state index contributed by atoms with van der Waals surface area (Å²) in [5, 5.41) is 1.71. The topological polar surface area (TPSA) is 71.5 Å². The van der Waals surface area contributed by atoms with Crippen LogP contribution in [-0.4, -0.2) is 29.5 Å². The fourth-order valence-electron chi connectivity index (χ4n) is 1.71. The second-order valence-corrected chi connectivity index (χ2v) is 4.09. The van der Waals surface area contributed by atoms with E-state index >= 15 is 0 Å². The fourth-order valence-corrected chi connectivity index (χ4v) is 1.92. The fraction of sp³-hybridized carbons (Fsp3) is 0.364. The Morgan fingerprint density at radius 2 is 2.50 bits per heavy atom. The minimum absolute atomic E-state index is 0.0335. The van der Waals surface area contributed by atoms with E-state index in [2.05, 4.69) is 10.4 Å². The van der Waals surface area contributed by atoms with Gasteiger partial charge in [0.1, 0.15) is 0 Å². The van der Waals surface area contributed by atoms with Crippen molar-refractivity contribution in [2.24, 2.45) is 0 Å². The molecule has 18 heavy (non-hydrogen) atoms. The van der Waals surface area contributed by atoms with E-state index in [1.165, 1.54) is 11.2 Å². The van der Waals surface area contributed by atoms with E-state index in [1.807, 2.05) is 0 Å². The van der Waals surface area contributed by atoms with Crippen LogP contribution in [0.5, 0.6) is 0 Å². The number of nitrogens with one attached hydrogen (secondary N) is 1. The maximum absolute atomic E-state index is 11.8. The van der Waals surface area contributed by atoms with E-state index in [4.69, 9.17) is 16.3 Å². The minimum atomic E-state index is -0.732. The van der Waals surface area contributed by atoms with Crippen molar-refractivity contribution >= 4 is 29.3 Å². The second-order valence-electron chi connectivity index (χ2n) is 3.69. The lowest BCUT2D eigenvalue weighted by atomic mass is 10.2. The Bertz CT molecular complexity index is 480. The number of amides is 1. The number of pyridine rings is 1. The number of aromatic nitrogens is 1. The number of nitrogens with zero attached hydrogens (tertiary/aromatic N) is 2. The lowest BCUT2D eigenvalue weighted by molar-refractivity contribution is -0.144. The Balaban J connectivity index is 2.28. The smallest absolute Gasteiger partial charge is 0.331 e. The van der Waals surface area contributed by atoms with Crippen molar-refractivity contribution in [3.8, 4) is 0 Å². The lowest BCUT2D eigenvalue weighted by Gasteiger charge is -2.23. The summed E-state index contributed by atoms with van der Waals surface area (Å²) in [6.07, 6.45) is 1.57. The summed E-state index contributed by atoms with van der Waals surface area (Å²) in [6, 6.07) is 2.57. The van der Waals surface area contributed by atoms with Crippen LogP contribution in [0.2, 0.25) is 5.02 Å². The predicted molar refractivity (Wildman–Crippen MR) is 64.9 cm³/mol. The van der Waals surface area contributed by atoms with Crippen LogP contribution in [0.4, 0.5) is 5.82 Å².